The highest BCUT2D eigenvalue weighted by Crippen LogP contribution is 2.13. The average Bonchev–Trinajstić information content (AvgIpc) is 2.55. The third-order valence-corrected chi connectivity index (χ3v) is 5.11. The molecule has 2 aromatic rings. The molecule has 2 rings (SSSR count). The molecular weight excluding hydrogens is 298 g/mol. The molecule has 0 fully saturated rings. The average molecular weight is 317 g/mol. The minimum Gasteiger partial charge on any atom is -0.350 e. The van der Waals surface area contributed by atoms with Crippen LogP contribution >= 0.6 is 0 Å². The molecule has 0 aromatic heterocycles. The number of rotatable bonds is 6. The molecule has 0 aliphatic heterocycles. The van der Waals surface area contributed by atoms with Crippen LogP contribution in [0.15, 0.2) is 65.6 Å². The predicted molar refractivity (Wildman–Crippen MR) is 86.1 cm³/mol. The number of hydrogen-bond acceptors (Lipinski definition) is 3. The largest absolute Gasteiger partial charge is 0.350 e. The molecule has 2 aromatic carbocycles. The zero-order valence-corrected chi connectivity index (χ0v) is 13.2. The van der Waals surface area contributed by atoms with Crippen LogP contribution in [0.3, 0.4) is 0 Å². The summed E-state index contributed by atoms with van der Waals surface area (Å²) in [7, 11) is -3.42. The second kappa shape index (κ2) is 7.22. The van der Waals surface area contributed by atoms with Gasteiger partial charge in [0.25, 0.3) is 0 Å². The Bertz CT molecular complexity index is 712. The number of carbonyl (C=O) groups is 1. The molecule has 1 unspecified atom stereocenters. The lowest BCUT2D eigenvalue weighted by molar-refractivity contribution is -0.121. The van der Waals surface area contributed by atoms with Crippen LogP contribution < -0.4 is 5.32 Å². The minimum atomic E-state index is -3.42. The van der Waals surface area contributed by atoms with E-state index in [0.29, 0.717) is 0 Å². The molecule has 1 atom stereocenters. The van der Waals surface area contributed by atoms with Gasteiger partial charge in [0.15, 0.2) is 9.84 Å². The van der Waals surface area contributed by atoms with Crippen molar-refractivity contribution < 1.29 is 13.2 Å². The highest BCUT2D eigenvalue weighted by atomic mass is 32.2. The molecule has 0 saturated carbocycles. The Balaban J connectivity index is 1.91. The van der Waals surface area contributed by atoms with E-state index < -0.39 is 9.84 Å². The second-order valence-corrected chi connectivity index (χ2v) is 7.19. The summed E-state index contributed by atoms with van der Waals surface area (Å²) in [6, 6.07) is 17.6. The highest BCUT2D eigenvalue weighted by molar-refractivity contribution is 7.91. The summed E-state index contributed by atoms with van der Waals surface area (Å²) in [6.07, 6.45) is -0.0472. The highest BCUT2D eigenvalue weighted by Gasteiger charge is 2.17. The van der Waals surface area contributed by atoms with Gasteiger partial charge in [0.05, 0.1) is 16.7 Å². The predicted octanol–water partition coefficient (Wildman–Crippen LogP) is 2.73. The summed E-state index contributed by atoms with van der Waals surface area (Å²) in [5, 5.41) is 2.82. The van der Waals surface area contributed by atoms with E-state index >= 15 is 0 Å². The van der Waals surface area contributed by atoms with Gasteiger partial charge in [-0.1, -0.05) is 48.5 Å². The number of benzene rings is 2. The lowest BCUT2D eigenvalue weighted by Crippen LogP contribution is -2.28. The lowest BCUT2D eigenvalue weighted by Gasteiger charge is -2.14. The summed E-state index contributed by atoms with van der Waals surface area (Å²) >= 11 is 0. The summed E-state index contributed by atoms with van der Waals surface area (Å²) in [5.41, 5.74) is 0.988. The summed E-state index contributed by atoms with van der Waals surface area (Å²) in [6.45, 7) is 1.87. The van der Waals surface area contributed by atoms with E-state index in [4.69, 9.17) is 0 Å². The maximum atomic E-state index is 12.1. The van der Waals surface area contributed by atoms with E-state index in [1.165, 1.54) is 0 Å². The number of carbonyl (C=O) groups excluding carboxylic acids is 1. The first-order chi connectivity index (χ1) is 10.5. The smallest absolute Gasteiger partial charge is 0.221 e. The van der Waals surface area contributed by atoms with E-state index in [1.807, 2.05) is 37.3 Å². The van der Waals surface area contributed by atoms with Crippen molar-refractivity contribution in [2.75, 3.05) is 5.75 Å². The monoisotopic (exact) mass is 317 g/mol. The molecule has 116 valence electrons. The molecule has 0 spiro atoms. The zero-order chi connectivity index (χ0) is 16.0. The molecule has 22 heavy (non-hydrogen) atoms. The quantitative estimate of drug-likeness (QED) is 0.891. The number of sulfone groups is 1. The fourth-order valence-corrected chi connectivity index (χ4v) is 3.37. The van der Waals surface area contributed by atoms with Crippen LogP contribution in [0.25, 0.3) is 0 Å². The van der Waals surface area contributed by atoms with Crippen LogP contribution in [0.2, 0.25) is 0 Å². The Morgan fingerprint density at radius 1 is 1.00 bits per heavy atom. The fourth-order valence-electron chi connectivity index (χ4n) is 2.11. The molecule has 0 aliphatic rings. The second-order valence-electron chi connectivity index (χ2n) is 5.08. The third-order valence-electron chi connectivity index (χ3n) is 3.38. The third kappa shape index (κ3) is 4.43. The van der Waals surface area contributed by atoms with Gasteiger partial charge >= 0.3 is 0 Å². The van der Waals surface area contributed by atoms with E-state index in [0.717, 1.165) is 5.56 Å². The summed E-state index contributed by atoms with van der Waals surface area (Å²) in [5.74, 6) is -0.458. The topological polar surface area (TPSA) is 63.2 Å². The van der Waals surface area contributed by atoms with Crippen LogP contribution in [-0.2, 0) is 14.6 Å². The van der Waals surface area contributed by atoms with Crippen molar-refractivity contribution in [3.05, 3.63) is 66.2 Å². The Morgan fingerprint density at radius 2 is 1.55 bits per heavy atom. The fraction of sp³-hybridized carbons (Fsp3) is 0.235. The standard InChI is InChI=1S/C17H19NO3S/c1-14(15-8-4-2-5-9-15)18-17(19)12-13-22(20,21)16-10-6-3-7-11-16/h2-11,14H,12-13H2,1H3,(H,18,19). The molecule has 0 heterocycles. The van der Waals surface area contributed by atoms with Gasteiger partial charge in [0.1, 0.15) is 0 Å². The Labute approximate surface area is 131 Å². The van der Waals surface area contributed by atoms with Crippen molar-refractivity contribution >= 4 is 15.7 Å². The van der Waals surface area contributed by atoms with Gasteiger partial charge in [-0.3, -0.25) is 4.79 Å². The molecule has 0 aliphatic carbocycles. The van der Waals surface area contributed by atoms with E-state index in [2.05, 4.69) is 5.32 Å². The Kier molecular flexibility index (Phi) is 5.33. The zero-order valence-electron chi connectivity index (χ0n) is 12.4. The van der Waals surface area contributed by atoms with Crippen LogP contribution in [0, 0.1) is 0 Å². The van der Waals surface area contributed by atoms with E-state index in [9.17, 15) is 13.2 Å². The van der Waals surface area contributed by atoms with Gasteiger partial charge in [-0.2, -0.15) is 0 Å². The van der Waals surface area contributed by atoms with Crippen molar-refractivity contribution in [3.63, 3.8) is 0 Å². The van der Waals surface area contributed by atoms with Crippen LogP contribution in [-0.4, -0.2) is 20.1 Å². The normalized spacial score (nSPS) is 12.6. The maximum Gasteiger partial charge on any atom is 0.221 e. The Morgan fingerprint density at radius 3 is 2.14 bits per heavy atom. The molecular formula is C17H19NO3S. The number of hydrogen-bond donors (Lipinski definition) is 1. The van der Waals surface area contributed by atoms with Crippen molar-refractivity contribution in [1.82, 2.24) is 5.32 Å². The van der Waals surface area contributed by atoms with E-state index in [1.54, 1.807) is 30.3 Å². The Hall–Kier alpha value is -2.14. The first-order valence-electron chi connectivity index (χ1n) is 7.11. The van der Waals surface area contributed by atoms with Crippen molar-refractivity contribution in [1.29, 1.82) is 0 Å². The molecule has 4 nitrogen and oxygen atoms in total. The summed E-state index contributed by atoms with van der Waals surface area (Å²) < 4.78 is 24.2. The van der Waals surface area contributed by atoms with Crippen LogP contribution in [0.4, 0.5) is 0 Å². The molecule has 1 amide bonds. The lowest BCUT2D eigenvalue weighted by atomic mass is 10.1. The van der Waals surface area contributed by atoms with Crippen molar-refractivity contribution in [2.45, 2.75) is 24.3 Å². The molecule has 1 N–H and O–H groups in total. The first-order valence-corrected chi connectivity index (χ1v) is 8.76. The van der Waals surface area contributed by atoms with Crippen molar-refractivity contribution in [3.8, 4) is 0 Å². The van der Waals surface area contributed by atoms with Crippen molar-refractivity contribution in [2.24, 2.45) is 0 Å². The van der Waals surface area contributed by atoms with Gasteiger partial charge < -0.3 is 5.32 Å². The van der Waals surface area contributed by atoms with Gasteiger partial charge in [0.2, 0.25) is 5.91 Å². The molecule has 0 saturated heterocycles. The van der Waals surface area contributed by atoms with Gasteiger partial charge in [0, 0.05) is 6.42 Å². The summed E-state index contributed by atoms with van der Waals surface area (Å²) in [4.78, 5) is 12.2. The first kappa shape index (κ1) is 16.2. The SMILES string of the molecule is CC(NC(=O)CCS(=O)(=O)c1ccccc1)c1ccccc1. The number of nitrogens with one attached hydrogen (secondary N) is 1. The van der Waals surface area contributed by atoms with Gasteiger partial charge in [-0.25, -0.2) is 8.42 Å². The van der Waals surface area contributed by atoms with Gasteiger partial charge in [-0.15, -0.1) is 0 Å². The molecule has 5 heteroatoms. The van der Waals surface area contributed by atoms with Gasteiger partial charge in [-0.05, 0) is 24.6 Å². The molecule has 0 radical (unpaired) electrons. The number of amides is 1. The minimum absolute atomic E-state index is 0.0472. The van der Waals surface area contributed by atoms with Crippen LogP contribution in [0.1, 0.15) is 24.9 Å². The van der Waals surface area contributed by atoms with E-state index in [-0.39, 0.29) is 29.0 Å². The molecule has 0 bridgehead atoms. The van der Waals surface area contributed by atoms with Crippen LogP contribution in [0.5, 0.6) is 0 Å². The maximum absolute atomic E-state index is 12.1.